The van der Waals surface area contributed by atoms with E-state index in [-0.39, 0.29) is 16.6 Å². The second-order valence-corrected chi connectivity index (χ2v) is 5.32. The standard InChI is InChI=1S/C10H13N3O2S2/c1-17(15)5-4-12-10(14)8-3-2-7(6-13-8)9(11)16/h2-3,6H,4-5H2,1H3,(H2,11,16)(H,12,14). The Hall–Kier alpha value is -1.34. The molecule has 5 nitrogen and oxygen atoms in total. The van der Waals surface area contributed by atoms with Gasteiger partial charge >= 0.3 is 0 Å². The van der Waals surface area contributed by atoms with Crippen LogP contribution in [0.5, 0.6) is 0 Å². The molecule has 1 unspecified atom stereocenters. The molecule has 0 radical (unpaired) electrons. The minimum Gasteiger partial charge on any atom is -0.389 e. The molecule has 0 spiro atoms. The van der Waals surface area contributed by atoms with E-state index in [1.54, 1.807) is 18.4 Å². The molecule has 1 aromatic rings. The molecule has 0 saturated heterocycles. The van der Waals surface area contributed by atoms with Crippen molar-refractivity contribution in [3.8, 4) is 0 Å². The van der Waals surface area contributed by atoms with Crippen LogP contribution in [0.25, 0.3) is 0 Å². The molecule has 0 fully saturated rings. The van der Waals surface area contributed by atoms with Crippen LogP contribution in [-0.4, -0.2) is 38.6 Å². The van der Waals surface area contributed by atoms with Gasteiger partial charge in [-0.25, -0.2) is 0 Å². The fourth-order valence-corrected chi connectivity index (χ4v) is 1.58. The van der Waals surface area contributed by atoms with Gasteiger partial charge in [-0.2, -0.15) is 0 Å². The Morgan fingerprint density at radius 1 is 1.59 bits per heavy atom. The Morgan fingerprint density at radius 3 is 2.76 bits per heavy atom. The molecule has 1 heterocycles. The van der Waals surface area contributed by atoms with Crippen molar-refractivity contribution in [3.63, 3.8) is 0 Å². The van der Waals surface area contributed by atoms with Crippen molar-refractivity contribution >= 4 is 33.9 Å². The third kappa shape index (κ3) is 4.58. The lowest BCUT2D eigenvalue weighted by Crippen LogP contribution is -2.28. The largest absolute Gasteiger partial charge is 0.389 e. The summed E-state index contributed by atoms with van der Waals surface area (Å²) in [7, 11) is -0.917. The average Bonchev–Trinajstić information content (AvgIpc) is 2.28. The van der Waals surface area contributed by atoms with Crippen LogP contribution >= 0.6 is 12.2 Å². The summed E-state index contributed by atoms with van der Waals surface area (Å²) in [5.74, 6) is 0.126. The highest BCUT2D eigenvalue weighted by molar-refractivity contribution is 7.84. The Balaban J connectivity index is 2.57. The van der Waals surface area contributed by atoms with Gasteiger partial charge in [-0.1, -0.05) is 12.2 Å². The van der Waals surface area contributed by atoms with E-state index in [0.717, 1.165) is 0 Å². The topological polar surface area (TPSA) is 85.1 Å². The number of nitrogens with one attached hydrogen (secondary N) is 1. The number of nitrogens with two attached hydrogens (primary N) is 1. The van der Waals surface area contributed by atoms with Crippen LogP contribution < -0.4 is 11.1 Å². The number of pyridine rings is 1. The number of amides is 1. The van der Waals surface area contributed by atoms with Gasteiger partial charge in [0.2, 0.25) is 0 Å². The van der Waals surface area contributed by atoms with Gasteiger partial charge in [0.05, 0.1) is 0 Å². The minimum absolute atomic E-state index is 0.242. The van der Waals surface area contributed by atoms with Gasteiger partial charge in [0.1, 0.15) is 10.7 Å². The van der Waals surface area contributed by atoms with Crippen LogP contribution in [0.1, 0.15) is 16.1 Å². The molecule has 0 aliphatic carbocycles. The first kappa shape index (κ1) is 13.7. The molecule has 1 atom stereocenters. The fraction of sp³-hybridized carbons (Fsp3) is 0.300. The highest BCUT2D eigenvalue weighted by Gasteiger charge is 2.07. The van der Waals surface area contributed by atoms with E-state index in [1.807, 2.05) is 0 Å². The maximum Gasteiger partial charge on any atom is 0.269 e. The zero-order valence-electron chi connectivity index (χ0n) is 9.30. The molecule has 0 aromatic carbocycles. The number of carbonyl (C=O) groups excluding carboxylic acids is 1. The molecule has 3 N–H and O–H groups in total. The van der Waals surface area contributed by atoms with Gasteiger partial charge in [-0.05, 0) is 12.1 Å². The second kappa shape index (κ2) is 6.41. The lowest BCUT2D eigenvalue weighted by molar-refractivity contribution is 0.0951. The summed E-state index contributed by atoms with van der Waals surface area (Å²) in [6.07, 6.45) is 3.04. The number of hydrogen-bond acceptors (Lipinski definition) is 4. The number of carbonyl (C=O) groups is 1. The van der Waals surface area contributed by atoms with Crippen molar-refractivity contribution in [2.45, 2.75) is 0 Å². The Kier molecular flexibility index (Phi) is 5.17. The smallest absolute Gasteiger partial charge is 0.269 e. The molecule has 0 saturated carbocycles. The van der Waals surface area contributed by atoms with Crippen molar-refractivity contribution < 1.29 is 9.00 Å². The zero-order valence-corrected chi connectivity index (χ0v) is 10.9. The minimum atomic E-state index is -0.917. The van der Waals surface area contributed by atoms with Crippen LogP contribution in [0.3, 0.4) is 0 Å². The van der Waals surface area contributed by atoms with E-state index in [1.165, 1.54) is 6.20 Å². The molecule has 92 valence electrons. The molecule has 1 amide bonds. The Labute approximate surface area is 107 Å². The summed E-state index contributed by atoms with van der Waals surface area (Å²) >= 11 is 4.77. The van der Waals surface area contributed by atoms with Crippen LogP contribution in [0.2, 0.25) is 0 Å². The first-order chi connectivity index (χ1) is 8.00. The molecular formula is C10H13N3O2S2. The quantitative estimate of drug-likeness (QED) is 0.726. The summed E-state index contributed by atoms with van der Waals surface area (Å²) in [5, 5.41) is 2.62. The number of thiocarbonyl (C=S) groups is 1. The summed E-state index contributed by atoms with van der Waals surface area (Å²) in [6, 6.07) is 3.19. The molecular weight excluding hydrogens is 258 g/mol. The SMILES string of the molecule is CS(=O)CCNC(=O)c1ccc(C(N)=S)cn1. The van der Waals surface area contributed by atoms with E-state index in [4.69, 9.17) is 18.0 Å². The Morgan fingerprint density at radius 2 is 2.29 bits per heavy atom. The van der Waals surface area contributed by atoms with Crippen molar-refractivity contribution in [1.82, 2.24) is 10.3 Å². The predicted molar refractivity (Wildman–Crippen MR) is 71.4 cm³/mol. The van der Waals surface area contributed by atoms with Gasteiger partial charge in [0.15, 0.2) is 0 Å². The highest BCUT2D eigenvalue weighted by atomic mass is 32.2. The van der Waals surface area contributed by atoms with E-state index >= 15 is 0 Å². The molecule has 17 heavy (non-hydrogen) atoms. The van der Waals surface area contributed by atoms with E-state index in [0.29, 0.717) is 17.9 Å². The first-order valence-electron chi connectivity index (χ1n) is 4.85. The van der Waals surface area contributed by atoms with E-state index < -0.39 is 10.8 Å². The molecule has 1 aromatic heterocycles. The maximum atomic E-state index is 11.6. The lowest BCUT2D eigenvalue weighted by atomic mass is 10.2. The fourth-order valence-electron chi connectivity index (χ4n) is 1.07. The third-order valence-electron chi connectivity index (χ3n) is 1.96. The number of hydrogen-bond donors (Lipinski definition) is 2. The van der Waals surface area contributed by atoms with Gasteiger partial charge in [0, 0.05) is 41.1 Å². The number of nitrogens with zero attached hydrogens (tertiary/aromatic N) is 1. The first-order valence-corrected chi connectivity index (χ1v) is 6.98. The highest BCUT2D eigenvalue weighted by Crippen LogP contribution is 2.00. The van der Waals surface area contributed by atoms with Gasteiger partial charge in [-0.15, -0.1) is 0 Å². The van der Waals surface area contributed by atoms with Crippen LogP contribution in [0, 0.1) is 0 Å². The summed E-state index contributed by atoms with van der Waals surface area (Å²) < 4.78 is 10.8. The van der Waals surface area contributed by atoms with Crippen LogP contribution in [0.15, 0.2) is 18.3 Å². The average molecular weight is 271 g/mol. The third-order valence-corrected chi connectivity index (χ3v) is 2.97. The van der Waals surface area contributed by atoms with Crippen molar-refractivity contribution in [2.75, 3.05) is 18.6 Å². The van der Waals surface area contributed by atoms with E-state index in [2.05, 4.69) is 10.3 Å². The van der Waals surface area contributed by atoms with Gasteiger partial charge < -0.3 is 11.1 Å². The summed E-state index contributed by atoms with van der Waals surface area (Å²) in [6.45, 7) is 0.362. The molecule has 0 aliphatic rings. The van der Waals surface area contributed by atoms with Crippen LogP contribution in [0.4, 0.5) is 0 Å². The van der Waals surface area contributed by atoms with E-state index in [9.17, 15) is 9.00 Å². The van der Waals surface area contributed by atoms with Crippen molar-refractivity contribution in [2.24, 2.45) is 5.73 Å². The maximum absolute atomic E-state index is 11.6. The summed E-state index contributed by atoms with van der Waals surface area (Å²) in [4.78, 5) is 15.8. The monoisotopic (exact) mass is 271 g/mol. The van der Waals surface area contributed by atoms with Crippen LogP contribution in [-0.2, 0) is 10.8 Å². The molecule has 1 rings (SSSR count). The van der Waals surface area contributed by atoms with Crippen molar-refractivity contribution in [3.05, 3.63) is 29.6 Å². The molecule has 0 aliphatic heterocycles. The normalized spacial score (nSPS) is 11.8. The second-order valence-electron chi connectivity index (χ2n) is 3.33. The number of rotatable bonds is 5. The van der Waals surface area contributed by atoms with Gasteiger partial charge in [0.25, 0.3) is 5.91 Å². The van der Waals surface area contributed by atoms with Gasteiger partial charge in [-0.3, -0.25) is 14.0 Å². The summed E-state index contributed by atoms with van der Waals surface area (Å²) in [5.41, 5.74) is 6.31. The Bertz CT molecular complexity index is 445. The zero-order chi connectivity index (χ0) is 12.8. The molecule has 7 heteroatoms. The van der Waals surface area contributed by atoms with Crippen molar-refractivity contribution in [1.29, 1.82) is 0 Å². The molecule has 0 bridgehead atoms. The predicted octanol–water partition coefficient (Wildman–Crippen LogP) is -0.176. The lowest BCUT2D eigenvalue weighted by Gasteiger charge is -2.04. The number of aromatic nitrogens is 1.